The summed E-state index contributed by atoms with van der Waals surface area (Å²) in [6, 6.07) is 52.2. The number of anilines is 4. The minimum Gasteiger partial charge on any atom is -0.399 e. The molecule has 2 heterocycles. The van der Waals surface area contributed by atoms with Crippen LogP contribution >= 0.6 is 0 Å². The number of benzene rings is 6. The number of hydrogen-bond acceptors (Lipinski definition) is 7. The van der Waals surface area contributed by atoms with Crippen LogP contribution in [0.15, 0.2) is 151 Å². The van der Waals surface area contributed by atoms with Gasteiger partial charge < -0.3 is 21.3 Å². The summed E-state index contributed by atoms with van der Waals surface area (Å²) in [5.74, 6) is 0.770. The molecule has 0 bridgehead atoms. The van der Waals surface area contributed by atoms with Crippen molar-refractivity contribution < 1.29 is 0 Å². The predicted octanol–water partition coefficient (Wildman–Crippen LogP) is 9.11. The quantitative estimate of drug-likeness (QED) is 0.129. The lowest BCUT2D eigenvalue weighted by Gasteiger charge is -2.33. The summed E-state index contributed by atoms with van der Waals surface area (Å²) < 4.78 is 0. The second-order valence-corrected chi connectivity index (χ2v) is 12.7. The number of nitrogen functional groups attached to an aromatic ring is 1. The van der Waals surface area contributed by atoms with Gasteiger partial charge >= 0.3 is 0 Å². The molecule has 5 N–H and O–H groups in total. The van der Waals surface area contributed by atoms with Gasteiger partial charge in [0.05, 0.1) is 23.0 Å². The molecule has 2 aliphatic heterocycles. The van der Waals surface area contributed by atoms with Gasteiger partial charge in [-0.25, -0.2) is 4.99 Å². The number of aliphatic imine (C=N–C) groups is 1. The van der Waals surface area contributed by atoms with E-state index in [-0.39, 0.29) is 18.5 Å². The molecule has 0 saturated heterocycles. The Morgan fingerprint density at radius 2 is 1.44 bits per heavy atom. The van der Waals surface area contributed by atoms with Crippen molar-refractivity contribution in [3.8, 4) is 28.3 Å². The van der Waals surface area contributed by atoms with Crippen molar-refractivity contribution in [2.75, 3.05) is 16.0 Å². The highest BCUT2D eigenvalue weighted by atomic mass is 15.3. The van der Waals surface area contributed by atoms with Crippen molar-refractivity contribution in [3.63, 3.8) is 0 Å². The van der Waals surface area contributed by atoms with E-state index in [0.29, 0.717) is 11.3 Å². The van der Waals surface area contributed by atoms with Crippen LogP contribution in [0.1, 0.15) is 47.9 Å². The van der Waals surface area contributed by atoms with Gasteiger partial charge in [0.25, 0.3) is 0 Å². The zero-order valence-corrected chi connectivity index (χ0v) is 27.7. The number of rotatable bonds is 7. The van der Waals surface area contributed by atoms with Crippen LogP contribution in [0.5, 0.6) is 0 Å². The molecule has 3 unspecified atom stereocenters. The Morgan fingerprint density at radius 1 is 0.720 bits per heavy atom. The number of fused-ring (bicyclic) bond motifs is 1. The van der Waals surface area contributed by atoms with E-state index >= 15 is 0 Å². The molecule has 6 aromatic rings. The van der Waals surface area contributed by atoms with E-state index in [1.54, 1.807) is 0 Å². The summed E-state index contributed by atoms with van der Waals surface area (Å²) in [6.45, 7) is 2.22. The van der Waals surface area contributed by atoms with Gasteiger partial charge in [-0.05, 0) is 107 Å². The Hall–Kier alpha value is -6.36. The van der Waals surface area contributed by atoms with Crippen LogP contribution in [0.3, 0.4) is 0 Å². The molecule has 0 spiro atoms. The summed E-state index contributed by atoms with van der Waals surface area (Å²) in [5, 5.41) is 20.5. The van der Waals surface area contributed by atoms with E-state index in [1.807, 2.05) is 48.5 Å². The maximum absolute atomic E-state index is 9.38. The molecule has 3 atom stereocenters. The third-order valence-corrected chi connectivity index (χ3v) is 9.49. The highest BCUT2D eigenvalue weighted by Gasteiger charge is 2.29. The third kappa shape index (κ3) is 5.94. The molecule has 0 saturated carbocycles. The zero-order valence-electron chi connectivity index (χ0n) is 27.7. The van der Waals surface area contributed by atoms with E-state index in [4.69, 9.17) is 10.7 Å². The van der Waals surface area contributed by atoms with E-state index < -0.39 is 0 Å². The minimum atomic E-state index is -0.333. The molecule has 7 nitrogen and oxygen atoms in total. The molecule has 6 aromatic carbocycles. The van der Waals surface area contributed by atoms with Crippen LogP contribution in [0, 0.1) is 11.3 Å². The van der Waals surface area contributed by atoms with Gasteiger partial charge in [-0.3, -0.25) is 5.32 Å². The number of nitrogens with two attached hydrogens (primary N) is 1. The molecule has 0 fully saturated rings. The predicted molar refractivity (Wildman–Crippen MR) is 204 cm³/mol. The molecular weight excluding hydrogens is 615 g/mol. The molecule has 244 valence electrons. The first kappa shape index (κ1) is 30.9. The van der Waals surface area contributed by atoms with Crippen molar-refractivity contribution in [3.05, 3.63) is 168 Å². The summed E-state index contributed by atoms with van der Waals surface area (Å²) in [7, 11) is 0. The van der Waals surface area contributed by atoms with Gasteiger partial charge in [0.2, 0.25) is 0 Å². The third-order valence-electron chi connectivity index (χ3n) is 9.49. The topological polar surface area (TPSA) is 102 Å². The maximum Gasteiger partial charge on any atom is 0.131 e. The number of para-hydroxylation sites is 2. The van der Waals surface area contributed by atoms with Crippen molar-refractivity contribution in [1.29, 1.82) is 5.26 Å². The first-order chi connectivity index (χ1) is 24.6. The van der Waals surface area contributed by atoms with Crippen molar-refractivity contribution in [2.45, 2.75) is 31.8 Å². The molecule has 0 aromatic heterocycles. The molecule has 0 radical (unpaired) electrons. The standard InChI is InChI=1S/C43H37N7/c1-2-40-46-38-15-5-6-16-39(38)50(40)35-12-8-10-32(26-35)31-9-7-11-33(25-31)36-13-3-4-14-37(36)43-48-41(29-19-17-28(27-44)18-20-29)47-42(49-43)30-21-23-34(45)24-22-30/h3-26,40-41,43,46,48H,2,45H2,1H3,(H,47,49). The fraction of sp³-hybridized carbons (Fsp3) is 0.116. The normalized spacial score (nSPS) is 18.0. The lowest BCUT2D eigenvalue weighted by atomic mass is 9.94. The van der Waals surface area contributed by atoms with Crippen LogP contribution in [0.4, 0.5) is 22.7 Å². The van der Waals surface area contributed by atoms with E-state index in [1.165, 1.54) is 11.4 Å². The average molecular weight is 652 g/mol. The lowest BCUT2D eigenvalue weighted by molar-refractivity contribution is 0.409. The average Bonchev–Trinajstić information content (AvgIpc) is 3.57. The Morgan fingerprint density at radius 3 is 2.24 bits per heavy atom. The van der Waals surface area contributed by atoms with Gasteiger partial charge in [0.15, 0.2) is 0 Å². The monoisotopic (exact) mass is 651 g/mol. The summed E-state index contributed by atoms with van der Waals surface area (Å²) >= 11 is 0. The van der Waals surface area contributed by atoms with Crippen LogP contribution < -0.4 is 26.6 Å². The highest BCUT2D eigenvalue weighted by molar-refractivity contribution is 6.00. The molecule has 0 amide bonds. The highest BCUT2D eigenvalue weighted by Crippen LogP contribution is 2.42. The molecule has 8 rings (SSSR count). The fourth-order valence-electron chi connectivity index (χ4n) is 6.95. The summed E-state index contributed by atoms with van der Waals surface area (Å²) in [4.78, 5) is 7.47. The summed E-state index contributed by atoms with van der Waals surface area (Å²) in [5.41, 5.74) is 18.5. The minimum absolute atomic E-state index is 0.200. The summed E-state index contributed by atoms with van der Waals surface area (Å²) in [6.07, 6.45) is 0.593. The molecular formula is C43H37N7. The van der Waals surface area contributed by atoms with Gasteiger partial charge in [-0.15, -0.1) is 0 Å². The SMILES string of the molecule is CCC1Nc2ccccc2N1c1cccc(-c2cccc(-c3ccccc3C3NC(c4ccc(N)cc4)=NC(c4ccc(C#N)cc4)N3)c2)c1. The Labute approximate surface area is 292 Å². The van der Waals surface area contributed by atoms with Gasteiger partial charge in [0.1, 0.15) is 24.3 Å². The van der Waals surface area contributed by atoms with Gasteiger partial charge in [-0.2, -0.15) is 5.26 Å². The van der Waals surface area contributed by atoms with Crippen LogP contribution in [0.25, 0.3) is 22.3 Å². The number of amidine groups is 1. The number of nitriles is 1. The van der Waals surface area contributed by atoms with Crippen molar-refractivity contribution >= 4 is 28.6 Å². The number of nitrogens with zero attached hydrogens (tertiary/aromatic N) is 3. The number of hydrogen-bond donors (Lipinski definition) is 4. The molecule has 2 aliphatic rings. The fourth-order valence-corrected chi connectivity index (χ4v) is 6.95. The first-order valence-corrected chi connectivity index (χ1v) is 17.0. The van der Waals surface area contributed by atoms with Crippen LogP contribution in [-0.4, -0.2) is 12.0 Å². The Balaban J connectivity index is 1.14. The van der Waals surface area contributed by atoms with Crippen LogP contribution in [-0.2, 0) is 0 Å². The second kappa shape index (κ2) is 13.3. The van der Waals surface area contributed by atoms with Crippen LogP contribution in [0.2, 0.25) is 0 Å². The van der Waals surface area contributed by atoms with Crippen molar-refractivity contribution in [1.82, 2.24) is 10.6 Å². The smallest absolute Gasteiger partial charge is 0.131 e. The Kier molecular flexibility index (Phi) is 8.21. The molecule has 0 aliphatic carbocycles. The molecule has 50 heavy (non-hydrogen) atoms. The van der Waals surface area contributed by atoms with E-state index in [9.17, 15) is 5.26 Å². The maximum atomic E-state index is 9.38. The Bertz CT molecular complexity index is 2230. The van der Waals surface area contributed by atoms with Crippen molar-refractivity contribution in [2.24, 2.45) is 4.99 Å². The second-order valence-electron chi connectivity index (χ2n) is 12.7. The first-order valence-electron chi connectivity index (χ1n) is 17.0. The zero-order chi connectivity index (χ0) is 34.0. The number of nitrogens with one attached hydrogen (secondary N) is 3. The van der Waals surface area contributed by atoms with Gasteiger partial charge in [0, 0.05) is 16.9 Å². The van der Waals surface area contributed by atoms with E-state index in [0.717, 1.165) is 56.9 Å². The lowest BCUT2D eigenvalue weighted by Crippen LogP contribution is -2.45. The van der Waals surface area contributed by atoms with Gasteiger partial charge in [-0.1, -0.05) is 85.8 Å². The van der Waals surface area contributed by atoms with E-state index in [2.05, 4.69) is 131 Å². The molecule has 7 heteroatoms. The largest absolute Gasteiger partial charge is 0.399 e.